The normalized spacial score (nSPS) is 18.4. The average Bonchev–Trinajstić information content (AvgIpc) is 3.90. The molecule has 4 atom stereocenters. The second kappa shape index (κ2) is 18.8. The Balaban J connectivity index is 1.21. The lowest BCUT2D eigenvalue weighted by Gasteiger charge is -2.49. The van der Waals surface area contributed by atoms with Crippen LogP contribution in [0.4, 0.5) is 9.93 Å². The van der Waals surface area contributed by atoms with Gasteiger partial charge in [0.1, 0.15) is 39.6 Å². The molecular weight excluding hydrogens is 813 g/mol. The maximum absolute atomic E-state index is 14.3. The van der Waals surface area contributed by atoms with Crippen molar-refractivity contribution in [3.63, 3.8) is 0 Å². The SMILES string of the molecule is CC(CNC(=O)OC(C)(C)C)O/N=C(/C(=O)NC1C(=O)N2C=C(CSc3nncs3)C(C(=O)OC(c3ccccc3)c3ccccc3)S[C@H]12)c1csc(NC=O)n1. The zero-order valence-corrected chi connectivity index (χ0v) is 34.3. The molecule has 0 radical (unpaired) electrons. The zero-order valence-electron chi connectivity index (χ0n) is 31.0. The van der Waals surface area contributed by atoms with Gasteiger partial charge in [0.25, 0.3) is 11.8 Å². The number of esters is 1. The standard InChI is InChI=1S/C37H38N8O8S4/c1-21(15-38-35(50)52-37(2,3)4)53-44-26(25-18-54-34(41-25)39-19-46)30(47)42-27-31(48)45-16-24(17-55-36-43-40-20-56-36)29(57-32(27)45)33(49)51-28(22-11-7-5-8-12-22)23-13-9-6-10-14-23/h5-14,16,18-21,27-29,32H,15,17H2,1-4H3,(H,38,50)(H,42,47)(H,39,41,46)/b44-26+/t21?,27?,29?,32-/m1/s1. The molecule has 1 saturated heterocycles. The number of β-lactam (4-membered cyclic amide) rings is 1. The Labute approximate surface area is 344 Å². The molecule has 0 aliphatic carbocycles. The number of thiazole rings is 1. The molecule has 3 unspecified atom stereocenters. The van der Waals surface area contributed by atoms with Gasteiger partial charge in [-0.15, -0.1) is 33.3 Å². The largest absolute Gasteiger partial charge is 0.451 e. The molecule has 2 aliphatic heterocycles. The Morgan fingerprint density at radius 3 is 2.39 bits per heavy atom. The number of hydrogen-bond donors (Lipinski definition) is 3. The van der Waals surface area contributed by atoms with Crippen LogP contribution in [-0.4, -0.2) is 96.7 Å². The second-order valence-electron chi connectivity index (χ2n) is 13.5. The van der Waals surface area contributed by atoms with Crippen molar-refractivity contribution in [3.05, 3.63) is 100 Å². The minimum Gasteiger partial charge on any atom is -0.451 e. The lowest BCUT2D eigenvalue weighted by atomic mass is 10.0. The number of fused-ring (bicyclic) bond motifs is 1. The summed E-state index contributed by atoms with van der Waals surface area (Å²) in [7, 11) is 0. The van der Waals surface area contributed by atoms with E-state index in [-0.39, 0.29) is 23.1 Å². The van der Waals surface area contributed by atoms with Crippen LogP contribution in [0.3, 0.4) is 0 Å². The van der Waals surface area contributed by atoms with Crippen molar-refractivity contribution in [2.45, 2.75) is 66.5 Å². The molecule has 2 aromatic heterocycles. The molecule has 6 rings (SSSR count). The Hall–Kier alpha value is -5.31. The molecule has 1 fully saturated rings. The highest BCUT2D eigenvalue weighted by Crippen LogP contribution is 2.43. The molecule has 0 bridgehead atoms. The summed E-state index contributed by atoms with van der Waals surface area (Å²) in [6.45, 7) is 6.81. The van der Waals surface area contributed by atoms with Crippen molar-refractivity contribution in [2.75, 3.05) is 17.6 Å². The fraction of sp³-hybridized carbons (Fsp3) is 0.324. The van der Waals surface area contributed by atoms with Crippen molar-refractivity contribution in [2.24, 2.45) is 5.16 Å². The predicted molar refractivity (Wildman–Crippen MR) is 217 cm³/mol. The van der Waals surface area contributed by atoms with Crippen LogP contribution in [0.25, 0.3) is 0 Å². The molecule has 16 nitrogen and oxygen atoms in total. The number of thioether (sulfide) groups is 2. The molecule has 4 aromatic rings. The predicted octanol–water partition coefficient (Wildman–Crippen LogP) is 4.97. The molecule has 0 saturated carbocycles. The van der Waals surface area contributed by atoms with Gasteiger partial charge in [0.2, 0.25) is 6.41 Å². The summed E-state index contributed by atoms with van der Waals surface area (Å²) in [6.07, 6.45) is 0.00802. The molecule has 0 spiro atoms. The summed E-state index contributed by atoms with van der Waals surface area (Å²) in [5.74, 6) is -1.40. The van der Waals surface area contributed by atoms with Crippen molar-refractivity contribution >= 4 is 87.3 Å². The maximum Gasteiger partial charge on any atom is 0.407 e. The number of anilines is 1. The first-order valence-electron chi connectivity index (χ1n) is 17.5. The minimum atomic E-state index is -1.06. The Morgan fingerprint density at radius 1 is 1.05 bits per heavy atom. The number of amides is 4. The number of alkyl carbamates (subject to hydrolysis) is 1. The van der Waals surface area contributed by atoms with E-state index in [9.17, 15) is 24.0 Å². The molecule has 4 amide bonds. The van der Waals surface area contributed by atoms with Crippen LogP contribution in [0.2, 0.25) is 0 Å². The van der Waals surface area contributed by atoms with Crippen LogP contribution in [0.5, 0.6) is 0 Å². The van der Waals surface area contributed by atoms with Crippen molar-refractivity contribution < 1.29 is 38.3 Å². The smallest absolute Gasteiger partial charge is 0.407 e. The van der Waals surface area contributed by atoms with E-state index in [1.54, 1.807) is 39.4 Å². The molecule has 20 heteroatoms. The van der Waals surface area contributed by atoms with E-state index in [4.69, 9.17) is 14.3 Å². The van der Waals surface area contributed by atoms with Gasteiger partial charge in [0, 0.05) is 17.3 Å². The fourth-order valence-electron chi connectivity index (χ4n) is 5.46. The summed E-state index contributed by atoms with van der Waals surface area (Å²) in [5.41, 5.74) is 2.89. The lowest BCUT2D eigenvalue weighted by Crippen LogP contribution is -2.69. The molecule has 57 heavy (non-hydrogen) atoms. The first-order chi connectivity index (χ1) is 27.4. The van der Waals surface area contributed by atoms with Crippen LogP contribution in [0.15, 0.2) is 92.8 Å². The van der Waals surface area contributed by atoms with E-state index < -0.39 is 58.4 Å². The number of rotatable bonds is 16. The minimum absolute atomic E-state index is 0.00396. The highest BCUT2D eigenvalue weighted by molar-refractivity contribution is 8.02. The first-order valence-corrected chi connectivity index (χ1v) is 21.1. The summed E-state index contributed by atoms with van der Waals surface area (Å²) in [4.78, 5) is 76.3. The Morgan fingerprint density at radius 2 is 1.75 bits per heavy atom. The molecule has 4 heterocycles. The van der Waals surface area contributed by atoms with Gasteiger partial charge in [-0.05, 0) is 44.4 Å². The van der Waals surface area contributed by atoms with Crippen LogP contribution >= 0.6 is 46.2 Å². The number of aromatic nitrogens is 3. The second-order valence-corrected chi connectivity index (χ2v) is 17.6. The highest BCUT2D eigenvalue weighted by atomic mass is 32.2. The monoisotopic (exact) mass is 850 g/mol. The maximum atomic E-state index is 14.3. The van der Waals surface area contributed by atoms with Crippen molar-refractivity contribution in [1.82, 2.24) is 30.7 Å². The van der Waals surface area contributed by atoms with E-state index >= 15 is 0 Å². The number of nitrogens with one attached hydrogen (secondary N) is 3. The summed E-state index contributed by atoms with van der Waals surface area (Å²) in [6, 6.07) is 17.8. The van der Waals surface area contributed by atoms with Gasteiger partial charge in [-0.1, -0.05) is 88.9 Å². The van der Waals surface area contributed by atoms with Gasteiger partial charge in [0.05, 0.1) is 6.54 Å². The van der Waals surface area contributed by atoms with Gasteiger partial charge < -0.3 is 35.2 Å². The van der Waals surface area contributed by atoms with E-state index in [0.717, 1.165) is 22.5 Å². The van der Waals surface area contributed by atoms with Crippen molar-refractivity contribution in [3.8, 4) is 0 Å². The van der Waals surface area contributed by atoms with Crippen LogP contribution in [-0.2, 0) is 33.5 Å². The molecular formula is C37H38N8O8S4. The van der Waals surface area contributed by atoms with Gasteiger partial charge in [-0.3, -0.25) is 19.2 Å². The molecule has 2 aromatic carbocycles. The van der Waals surface area contributed by atoms with Gasteiger partial charge in [-0.25, -0.2) is 9.78 Å². The zero-order chi connectivity index (χ0) is 40.5. The number of carbonyl (C=O) groups is 5. The quantitative estimate of drug-likeness (QED) is 0.0341. The van der Waals surface area contributed by atoms with Crippen molar-refractivity contribution in [1.29, 1.82) is 0 Å². The van der Waals surface area contributed by atoms with Gasteiger partial charge in [-0.2, -0.15) is 0 Å². The fourth-order valence-corrected chi connectivity index (χ4v) is 9.12. The molecule has 298 valence electrons. The topological polar surface area (TPSA) is 203 Å². The van der Waals surface area contributed by atoms with Gasteiger partial charge >= 0.3 is 12.1 Å². The highest BCUT2D eigenvalue weighted by Gasteiger charge is 2.53. The Bertz CT molecular complexity index is 2070. The lowest BCUT2D eigenvalue weighted by molar-refractivity contribution is -0.147. The van der Waals surface area contributed by atoms with Crippen LogP contribution in [0.1, 0.15) is 50.6 Å². The molecule has 3 N–H and O–H groups in total. The van der Waals surface area contributed by atoms with Crippen LogP contribution in [0, 0.1) is 0 Å². The van der Waals surface area contributed by atoms with E-state index in [1.807, 2.05) is 60.7 Å². The summed E-state index contributed by atoms with van der Waals surface area (Å²) >= 11 is 4.98. The summed E-state index contributed by atoms with van der Waals surface area (Å²) in [5, 5.41) is 20.0. The Kier molecular flexibility index (Phi) is 13.6. The number of hydrogen-bond acceptors (Lipinski definition) is 16. The van der Waals surface area contributed by atoms with Crippen LogP contribution < -0.4 is 16.0 Å². The van der Waals surface area contributed by atoms with E-state index in [1.165, 1.54) is 45.1 Å². The number of benzene rings is 2. The third-order valence-corrected chi connectivity index (χ3v) is 12.3. The first kappa shape index (κ1) is 41.3. The van der Waals surface area contributed by atoms with Gasteiger partial charge in [0.15, 0.2) is 21.3 Å². The van der Waals surface area contributed by atoms with E-state index in [0.29, 0.717) is 22.1 Å². The number of ether oxygens (including phenoxy) is 2. The third kappa shape index (κ3) is 10.8. The average molecular weight is 851 g/mol. The van der Waals surface area contributed by atoms with E-state index in [2.05, 4.69) is 36.3 Å². The third-order valence-electron chi connectivity index (χ3n) is 8.04. The number of oxime groups is 1. The number of nitrogens with zero attached hydrogens (tertiary/aromatic N) is 5. The number of carbonyl (C=O) groups excluding carboxylic acids is 5. The molecule has 2 aliphatic rings. The summed E-state index contributed by atoms with van der Waals surface area (Å²) < 4.78 is 12.2.